The van der Waals surface area contributed by atoms with E-state index in [-0.39, 0.29) is 28.6 Å². The first-order chi connectivity index (χ1) is 7.97. The lowest BCUT2D eigenvalue weighted by Gasteiger charge is -2.08. The molecule has 1 aromatic heterocycles. The fourth-order valence-corrected chi connectivity index (χ4v) is 1.62. The largest absolute Gasteiger partial charge is 0.466 e. The number of hydrogen-bond acceptors (Lipinski definition) is 3. The van der Waals surface area contributed by atoms with Crippen molar-refractivity contribution in [1.29, 1.82) is 0 Å². The summed E-state index contributed by atoms with van der Waals surface area (Å²) in [5, 5.41) is -0.423. The van der Waals surface area contributed by atoms with E-state index in [1.165, 1.54) is 0 Å². The van der Waals surface area contributed by atoms with E-state index < -0.39 is 18.1 Å². The summed E-state index contributed by atoms with van der Waals surface area (Å²) in [6.07, 6.45) is -1.85. The number of pyridine rings is 1. The maximum Gasteiger partial charge on any atom is 0.310 e. The summed E-state index contributed by atoms with van der Waals surface area (Å²) in [6.45, 7) is 1.89. The molecule has 0 bridgehead atoms. The second kappa shape index (κ2) is 6.12. The van der Waals surface area contributed by atoms with Crippen molar-refractivity contribution in [2.45, 2.75) is 19.8 Å². The quantitative estimate of drug-likeness (QED) is 0.795. The fraction of sp³-hybridized carbons (Fsp3) is 0.400. The summed E-state index contributed by atoms with van der Waals surface area (Å²) >= 11 is 11.4. The van der Waals surface area contributed by atoms with Gasteiger partial charge in [0.1, 0.15) is 5.69 Å². The van der Waals surface area contributed by atoms with E-state index in [1.54, 1.807) is 6.92 Å². The minimum absolute atomic E-state index is 0.0926. The molecule has 0 unspecified atom stereocenters. The first-order valence-electron chi connectivity index (χ1n) is 4.73. The number of aromatic nitrogens is 1. The van der Waals surface area contributed by atoms with Gasteiger partial charge in [-0.15, -0.1) is 0 Å². The normalized spacial score (nSPS) is 10.7. The Kier molecular flexibility index (Phi) is 5.08. The summed E-state index contributed by atoms with van der Waals surface area (Å²) in [4.78, 5) is 14.7. The molecule has 17 heavy (non-hydrogen) atoms. The molecule has 1 heterocycles. The zero-order chi connectivity index (χ0) is 13.0. The van der Waals surface area contributed by atoms with Gasteiger partial charge in [0.05, 0.1) is 23.1 Å². The Labute approximate surface area is 107 Å². The fourth-order valence-electron chi connectivity index (χ4n) is 1.16. The van der Waals surface area contributed by atoms with Crippen LogP contribution in [0.5, 0.6) is 0 Å². The van der Waals surface area contributed by atoms with Crippen LogP contribution in [0.15, 0.2) is 6.20 Å². The van der Waals surface area contributed by atoms with Crippen molar-refractivity contribution in [3.63, 3.8) is 0 Å². The predicted molar refractivity (Wildman–Crippen MR) is 59.6 cm³/mol. The zero-order valence-electron chi connectivity index (χ0n) is 8.84. The number of ether oxygens (including phenoxy) is 1. The van der Waals surface area contributed by atoms with Gasteiger partial charge in [0.2, 0.25) is 0 Å². The summed E-state index contributed by atoms with van der Waals surface area (Å²) < 4.78 is 29.6. The number of rotatable bonds is 4. The Bertz CT molecular complexity index is 427. The molecule has 0 aromatic carbocycles. The molecule has 0 atom stereocenters. The number of carbonyl (C=O) groups excluding carboxylic acids is 1. The molecular formula is C10H9Cl2F2NO2. The van der Waals surface area contributed by atoms with Crippen LogP contribution in [-0.2, 0) is 16.0 Å². The smallest absolute Gasteiger partial charge is 0.310 e. The summed E-state index contributed by atoms with van der Waals surface area (Å²) in [5.74, 6) is -0.517. The van der Waals surface area contributed by atoms with Gasteiger partial charge in [-0.2, -0.15) is 0 Å². The average molecular weight is 284 g/mol. The van der Waals surface area contributed by atoms with Gasteiger partial charge < -0.3 is 4.74 Å². The van der Waals surface area contributed by atoms with Gasteiger partial charge in [0.25, 0.3) is 6.43 Å². The van der Waals surface area contributed by atoms with Crippen LogP contribution in [0.1, 0.15) is 24.6 Å². The SMILES string of the molecule is CCOC(=O)Cc1cnc(C(F)F)c(Cl)c1Cl. The molecule has 0 saturated heterocycles. The maximum absolute atomic E-state index is 12.4. The van der Waals surface area contributed by atoms with Crippen molar-refractivity contribution in [3.05, 3.63) is 27.5 Å². The minimum Gasteiger partial charge on any atom is -0.466 e. The Morgan fingerprint density at radius 2 is 2.12 bits per heavy atom. The molecule has 0 N–H and O–H groups in total. The van der Waals surface area contributed by atoms with E-state index >= 15 is 0 Å². The lowest BCUT2D eigenvalue weighted by atomic mass is 10.2. The molecule has 0 saturated carbocycles. The van der Waals surface area contributed by atoms with Crippen molar-refractivity contribution in [2.24, 2.45) is 0 Å². The number of nitrogens with zero attached hydrogens (tertiary/aromatic N) is 1. The number of carbonyl (C=O) groups is 1. The number of halogens is 4. The lowest BCUT2D eigenvalue weighted by molar-refractivity contribution is -0.142. The second-order valence-corrected chi connectivity index (χ2v) is 3.84. The molecule has 1 aromatic rings. The van der Waals surface area contributed by atoms with Crippen molar-refractivity contribution in [1.82, 2.24) is 4.98 Å². The highest BCUT2D eigenvalue weighted by Crippen LogP contribution is 2.33. The topological polar surface area (TPSA) is 39.2 Å². The highest BCUT2D eigenvalue weighted by molar-refractivity contribution is 6.42. The first-order valence-corrected chi connectivity index (χ1v) is 5.49. The van der Waals surface area contributed by atoms with Crippen LogP contribution in [0, 0.1) is 0 Å². The lowest BCUT2D eigenvalue weighted by Crippen LogP contribution is -2.09. The van der Waals surface area contributed by atoms with Gasteiger partial charge >= 0.3 is 5.97 Å². The third-order valence-electron chi connectivity index (χ3n) is 1.91. The van der Waals surface area contributed by atoms with Crippen LogP contribution in [0.25, 0.3) is 0 Å². The van der Waals surface area contributed by atoms with E-state index in [9.17, 15) is 13.6 Å². The molecule has 0 fully saturated rings. The van der Waals surface area contributed by atoms with Crippen molar-refractivity contribution < 1.29 is 18.3 Å². The number of esters is 1. The van der Waals surface area contributed by atoms with Crippen LogP contribution < -0.4 is 0 Å². The van der Waals surface area contributed by atoms with Crippen molar-refractivity contribution in [2.75, 3.05) is 6.61 Å². The van der Waals surface area contributed by atoms with Crippen LogP contribution >= 0.6 is 23.2 Å². The number of alkyl halides is 2. The van der Waals surface area contributed by atoms with E-state index in [1.807, 2.05) is 0 Å². The first kappa shape index (κ1) is 14.1. The molecule has 0 aliphatic carbocycles. The van der Waals surface area contributed by atoms with Gasteiger partial charge in [0, 0.05) is 11.8 Å². The van der Waals surface area contributed by atoms with Gasteiger partial charge in [-0.25, -0.2) is 8.78 Å². The third kappa shape index (κ3) is 3.51. The minimum atomic E-state index is -2.81. The summed E-state index contributed by atoms with van der Waals surface area (Å²) in [7, 11) is 0. The van der Waals surface area contributed by atoms with Gasteiger partial charge in [-0.05, 0) is 6.92 Å². The molecule has 7 heteroatoms. The molecule has 0 amide bonds. The van der Waals surface area contributed by atoms with Crippen LogP contribution in [0.3, 0.4) is 0 Å². The van der Waals surface area contributed by atoms with Crippen molar-refractivity contribution >= 4 is 29.2 Å². The van der Waals surface area contributed by atoms with E-state index in [0.717, 1.165) is 6.20 Å². The Morgan fingerprint density at radius 3 is 2.65 bits per heavy atom. The summed E-state index contributed by atoms with van der Waals surface area (Å²) in [6, 6.07) is 0. The van der Waals surface area contributed by atoms with Gasteiger partial charge in [-0.1, -0.05) is 23.2 Å². The van der Waals surface area contributed by atoms with Crippen molar-refractivity contribution in [3.8, 4) is 0 Å². The molecule has 0 aliphatic rings. The molecule has 1 rings (SSSR count). The molecule has 3 nitrogen and oxygen atoms in total. The van der Waals surface area contributed by atoms with Crippen LogP contribution in [0.4, 0.5) is 8.78 Å². The molecule has 94 valence electrons. The van der Waals surface area contributed by atoms with E-state index in [2.05, 4.69) is 4.98 Å². The Balaban J connectivity index is 2.96. The highest BCUT2D eigenvalue weighted by atomic mass is 35.5. The summed E-state index contributed by atoms with van der Waals surface area (Å²) in [5.41, 5.74) is -0.330. The second-order valence-electron chi connectivity index (χ2n) is 3.08. The Morgan fingerprint density at radius 1 is 1.47 bits per heavy atom. The van der Waals surface area contributed by atoms with E-state index in [0.29, 0.717) is 0 Å². The number of hydrogen-bond donors (Lipinski definition) is 0. The maximum atomic E-state index is 12.4. The van der Waals surface area contributed by atoms with E-state index in [4.69, 9.17) is 27.9 Å². The van der Waals surface area contributed by atoms with Gasteiger partial charge in [0.15, 0.2) is 0 Å². The molecule has 0 aliphatic heterocycles. The monoisotopic (exact) mass is 283 g/mol. The Hall–Kier alpha value is -0.940. The zero-order valence-corrected chi connectivity index (χ0v) is 10.4. The molecule has 0 spiro atoms. The standard InChI is InChI=1S/C10H9Cl2F2NO2/c1-2-17-6(16)3-5-4-15-9(10(13)14)8(12)7(5)11/h4,10H,2-3H2,1H3. The highest BCUT2D eigenvalue weighted by Gasteiger charge is 2.19. The van der Waals surface area contributed by atoms with Crippen LogP contribution in [-0.4, -0.2) is 17.6 Å². The average Bonchev–Trinajstić information content (AvgIpc) is 2.25. The molecular weight excluding hydrogens is 275 g/mol. The predicted octanol–water partition coefficient (Wildman–Crippen LogP) is 3.43. The molecule has 0 radical (unpaired) electrons. The third-order valence-corrected chi connectivity index (χ3v) is 2.82. The van der Waals surface area contributed by atoms with Crippen LogP contribution in [0.2, 0.25) is 10.0 Å². The van der Waals surface area contributed by atoms with Gasteiger partial charge in [-0.3, -0.25) is 9.78 Å².